The van der Waals surface area contributed by atoms with Gasteiger partial charge in [-0.1, -0.05) is 25.5 Å². The van der Waals surface area contributed by atoms with Crippen LogP contribution in [0.25, 0.3) is 10.9 Å². The molecular weight excluding hydrogens is 568 g/mol. The number of ether oxygens (including phenoxy) is 2. The minimum Gasteiger partial charge on any atom is -0.483 e. The van der Waals surface area contributed by atoms with Gasteiger partial charge in [0.25, 0.3) is 11.8 Å². The fourth-order valence-electron chi connectivity index (χ4n) is 5.95. The molecule has 1 atom stereocenters. The van der Waals surface area contributed by atoms with Crippen LogP contribution in [-0.4, -0.2) is 115 Å². The summed E-state index contributed by atoms with van der Waals surface area (Å²) in [4.78, 5) is 72.9. The maximum atomic E-state index is 13.1. The molecule has 2 aromatic rings. The third kappa shape index (κ3) is 7.03. The topological polar surface area (TPSA) is 150 Å². The summed E-state index contributed by atoms with van der Waals surface area (Å²) in [5, 5.41) is 6.17. The van der Waals surface area contributed by atoms with Crippen LogP contribution in [0.2, 0.25) is 0 Å². The summed E-state index contributed by atoms with van der Waals surface area (Å²) in [6.07, 6.45) is 3.61. The van der Waals surface area contributed by atoms with Gasteiger partial charge in [-0.2, -0.15) is 0 Å². The number of nitrogens with one attached hydrogen (secondary N) is 2. The molecule has 13 heteroatoms. The highest BCUT2D eigenvalue weighted by molar-refractivity contribution is 5.98. The molecule has 1 aromatic heterocycles. The molecule has 0 bridgehead atoms. The van der Waals surface area contributed by atoms with Gasteiger partial charge in [0.15, 0.2) is 6.61 Å². The van der Waals surface area contributed by atoms with E-state index in [0.29, 0.717) is 69.1 Å². The summed E-state index contributed by atoms with van der Waals surface area (Å²) in [7, 11) is 0. The van der Waals surface area contributed by atoms with E-state index in [0.717, 1.165) is 32.1 Å². The van der Waals surface area contributed by atoms with Crippen molar-refractivity contribution in [2.45, 2.75) is 39.0 Å². The molecule has 1 unspecified atom stereocenters. The van der Waals surface area contributed by atoms with Gasteiger partial charge in [-0.25, -0.2) is 9.78 Å². The number of rotatable bonds is 9. The molecule has 236 valence electrons. The van der Waals surface area contributed by atoms with E-state index in [1.54, 1.807) is 32.9 Å². The van der Waals surface area contributed by atoms with E-state index in [1.165, 1.54) is 6.07 Å². The van der Waals surface area contributed by atoms with Gasteiger partial charge in [0.1, 0.15) is 11.4 Å². The standard InChI is InChI=1S/C31H40N6O7/c1-2-3-17-43-30(42)36-15-13-35(14-16-36)26(38)19-33-28(40)24-18-25(22-7-4-5-8-23(22)34-24)44-20-27(39)37-12-6-9-31(21-37)10-11-32-29(31)41/h4-5,7-8,18H,2-3,6,9-17,19-21H2,1H3,(H,32,41)(H,33,40). The number of piperazine rings is 1. The molecule has 5 amide bonds. The van der Waals surface area contributed by atoms with Gasteiger partial charge in [-0.3, -0.25) is 19.2 Å². The van der Waals surface area contributed by atoms with Crippen molar-refractivity contribution in [1.82, 2.24) is 30.3 Å². The zero-order chi connectivity index (χ0) is 31.1. The van der Waals surface area contributed by atoms with Gasteiger partial charge in [-0.05, 0) is 37.8 Å². The Hall–Kier alpha value is -4.42. The SMILES string of the molecule is CCCCOC(=O)N1CCN(C(=O)CNC(=O)c2cc(OCC(=O)N3CCCC4(CCNC4=O)C3)c3ccccc3n2)CC1. The molecule has 5 rings (SSSR count). The number of likely N-dealkylation sites (tertiary alicyclic amines) is 1. The van der Waals surface area contributed by atoms with Crippen LogP contribution in [0.15, 0.2) is 30.3 Å². The van der Waals surface area contributed by atoms with Crippen molar-refractivity contribution < 1.29 is 33.4 Å². The van der Waals surface area contributed by atoms with E-state index in [9.17, 15) is 24.0 Å². The molecule has 0 aliphatic carbocycles. The highest BCUT2D eigenvalue weighted by Crippen LogP contribution is 2.36. The number of pyridine rings is 1. The molecule has 1 aromatic carbocycles. The van der Waals surface area contributed by atoms with E-state index >= 15 is 0 Å². The number of aromatic nitrogens is 1. The maximum absolute atomic E-state index is 13.1. The van der Waals surface area contributed by atoms with E-state index in [4.69, 9.17) is 9.47 Å². The van der Waals surface area contributed by atoms with Gasteiger partial charge in [0, 0.05) is 57.3 Å². The Kier molecular flexibility index (Phi) is 9.81. The molecule has 44 heavy (non-hydrogen) atoms. The fourth-order valence-corrected chi connectivity index (χ4v) is 5.95. The molecule has 3 fully saturated rings. The first-order chi connectivity index (χ1) is 21.3. The Bertz CT molecular complexity index is 1410. The van der Waals surface area contributed by atoms with Crippen molar-refractivity contribution in [2.75, 3.05) is 65.6 Å². The van der Waals surface area contributed by atoms with Gasteiger partial charge in [0.05, 0.1) is 24.1 Å². The first-order valence-corrected chi connectivity index (χ1v) is 15.4. The van der Waals surface area contributed by atoms with E-state index in [2.05, 4.69) is 15.6 Å². The molecule has 2 N–H and O–H groups in total. The van der Waals surface area contributed by atoms with Crippen LogP contribution >= 0.6 is 0 Å². The summed E-state index contributed by atoms with van der Waals surface area (Å²) in [6, 6.07) is 8.61. The molecule has 13 nitrogen and oxygen atoms in total. The minimum atomic E-state index is -0.552. The van der Waals surface area contributed by atoms with Crippen molar-refractivity contribution in [1.29, 1.82) is 0 Å². The lowest BCUT2D eigenvalue weighted by molar-refractivity contribution is -0.140. The first kappa shape index (κ1) is 31.0. The highest BCUT2D eigenvalue weighted by atomic mass is 16.6. The van der Waals surface area contributed by atoms with Gasteiger partial charge >= 0.3 is 6.09 Å². The van der Waals surface area contributed by atoms with Gasteiger partial charge in [0.2, 0.25) is 11.8 Å². The highest BCUT2D eigenvalue weighted by Gasteiger charge is 2.46. The number of amides is 5. The summed E-state index contributed by atoms with van der Waals surface area (Å²) in [6.45, 7) is 4.91. The number of hydrogen-bond donors (Lipinski definition) is 2. The zero-order valence-corrected chi connectivity index (χ0v) is 25.1. The Morgan fingerprint density at radius 1 is 1.00 bits per heavy atom. The largest absolute Gasteiger partial charge is 0.483 e. The van der Waals surface area contributed by atoms with Crippen molar-refractivity contribution >= 4 is 40.6 Å². The fraction of sp³-hybridized carbons (Fsp3) is 0.548. The second-order valence-electron chi connectivity index (χ2n) is 11.5. The smallest absolute Gasteiger partial charge is 0.409 e. The maximum Gasteiger partial charge on any atom is 0.409 e. The lowest BCUT2D eigenvalue weighted by Gasteiger charge is -2.38. The summed E-state index contributed by atoms with van der Waals surface area (Å²) >= 11 is 0. The van der Waals surface area contributed by atoms with Crippen LogP contribution in [0.3, 0.4) is 0 Å². The minimum absolute atomic E-state index is 0.00921. The molecule has 0 saturated carbocycles. The molecule has 0 radical (unpaired) electrons. The van der Waals surface area contributed by atoms with E-state index in [1.807, 2.05) is 13.0 Å². The lowest BCUT2D eigenvalue weighted by atomic mass is 9.78. The molecular formula is C31H40N6O7. The number of carbonyl (C=O) groups excluding carboxylic acids is 5. The average Bonchev–Trinajstić information content (AvgIpc) is 3.39. The third-order valence-electron chi connectivity index (χ3n) is 8.58. The van der Waals surface area contributed by atoms with Crippen molar-refractivity contribution in [3.8, 4) is 5.75 Å². The van der Waals surface area contributed by atoms with Crippen LogP contribution in [0, 0.1) is 5.41 Å². The number of carbonyl (C=O) groups is 5. The number of benzene rings is 1. The zero-order valence-electron chi connectivity index (χ0n) is 25.1. The van der Waals surface area contributed by atoms with Crippen molar-refractivity contribution in [2.24, 2.45) is 5.41 Å². The van der Waals surface area contributed by atoms with Crippen molar-refractivity contribution in [3.63, 3.8) is 0 Å². The number of unbranched alkanes of at least 4 members (excludes halogenated alkanes) is 1. The lowest BCUT2D eigenvalue weighted by Crippen LogP contribution is -2.52. The Balaban J connectivity index is 1.16. The summed E-state index contributed by atoms with van der Waals surface area (Å²) < 4.78 is 11.2. The average molecular weight is 609 g/mol. The van der Waals surface area contributed by atoms with Gasteiger partial charge in [-0.15, -0.1) is 0 Å². The van der Waals surface area contributed by atoms with Crippen molar-refractivity contribution in [3.05, 3.63) is 36.0 Å². The normalized spacial score (nSPS) is 20.0. The third-order valence-corrected chi connectivity index (χ3v) is 8.58. The quantitative estimate of drug-likeness (QED) is 0.407. The number of nitrogens with zero attached hydrogens (tertiary/aromatic N) is 4. The summed E-state index contributed by atoms with van der Waals surface area (Å²) in [5.74, 6) is -0.711. The van der Waals surface area contributed by atoms with E-state index < -0.39 is 11.3 Å². The molecule has 4 heterocycles. The molecule has 3 aliphatic rings. The predicted molar refractivity (Wildman–Crippen MR) is 160 cm³/mol. The second kappa shape index (κ2) is 13.9. The molecule has 3 aliphatic heterocycles. The monoisotopic (exact) mass is 608 g/mol. The summed E-state index contributed by atoms with van der Waals surface area (Å²) in [5.41, 5.74) is 0.0433. The van der Waals surface area contributed by atoms with Crippen LogP contribution in [-0.2, 0) is 19.1 Å². The van der Waals surface area contributed by atoms with Crippen LogP contribution in [0.5, 0.6) is 5.75 Å². The van der Waals surface area contributed by atoms with Crippen LogP contribution in [0.1, 0.15) is 49.5 Å². The number of para-hydroxylation sites is 1. The molecule has 1 spiro atoms. The number of hydrogen-bond acceptors (Lipinski definition) is 8. The number of piperidine rings is 1. The second-order valence-corrected chi connectivity index (χ2v) is 11.5. The Labute approximate surface area is 256 Å². The Morgan fingerprint density at radius 3 is 2.52 bits per heavy atom. The van der Waals surface area contributed by atoms with Crippen LogP contribution in [0.4, 0.5) is 4.79 Å². The Morgan fingerprint density at radius 2 is 1.77 bits per heavy atom. The predicted octanol–water partition coefficient (Wildman–Crippen LogP) is 1.55. The first-order valence-electron chi connectivity index (χ1n) is 15.4. The van der Waals surface area contributed by atoms with E-state index in [-0.39, 0.29) is 42.7 Å². The van der Waals surface area contributed by atoms with Crippen LogP contribution < -0.4 is 15.4 Å². The molecule has 3 saturated heterocycles. The van der Waals surface area contributed by atoms with Gasteiger partial charge < -0.3 is 34.8 Å². The number of fused-ring (bicyclic) bond motifs is 1.